The summed E-state index contributed by atoms with van der Waals surface area (Å²) in [7, 11) is 0. The number of nitrogens with zero attached hydrogens (tertiary/aromatic N) is 1. The van der Waals surface area contributed by atoms with Crippen LogP contribution in [0.4, 0.5) is 0 Å². The van der Waals surface area contributed by atoms with Gasteiger partial charge in [-0.3, -0.25) is 9.59 Å². The molecule has 0 unspecified atom stereocenters. The summed E-state index contributed by atoms with van der Waals surface area (Å²) in [6, 6.07) is 0.525. The summed E-state index contributed by atoms with van der Waals surface area (Å²) >= 11 is 0. The number of hydrogen-bond donors (Lipinski definition) is 2. The van der Waals surface area contributed by atoms with Crippen molar-refractivity contribution in [1.29, 1.82) is 0 Å². The van der Waals surface area contributed by atoms with Crippen molar-refractivity contribution in [2.24, 2.45) is 5.92 Å². The number of amides is 2. The van der Waals surface area contributed by atoms with E-state index >= 15 is 0 Å². The highest BCUT2D eigenvalue weighted by Crippen LogP contribution is 2.14. The van der Waals surface area contributed by atoms with E-state index in [1.807, 2.05) is 18.7 Å². The Morgan fingerprint density at radius 1 is 1.14 bits per heavy atom. The molecule has 2 amide bonds. The first-order chi connectivity index (χ1) is 10.4. The molecule has 0 radical (unpaired) electrons. The second-order valence-electron chi connectivity index (χ2n) is 7.04. The number of rotatable bonds is 8. The molecule has 0 atom stereocenters. The van der Waals surface area contributed by atoms with Crippen molar-refractivity contribution in [2.45, 2.75) is 71.9 Å². The van der Waals surface area contributed by atoms with E-state index < -0.39 is 0 Å². The molecule has 5 heteroatoms. The van der Waals surface area contributed by atoms with Gasteiger partial charge in [-0.25, -0.2) is 0 Å². The first kappa shape index (κ1) is 18.9. The molecule has 128 valence electrons. The van der Waals surface area contributed by atoms with Crippen molar-refractivity contribution in [1.82, 2.24) is 15.5 Å². The Morgan fingerprint density at radius 2 is 1.77 bits per heavy atom. The minimum atomic E-state index is 0.0513. The number of piperidine rings is 1. The maximum Gasteiger partial charge on any atom is 0.234 e. The van der Waals surface area contributed by atoms with E-state index in [-0.39, 0.29) is 17.9 Å². The summed E-state index contributed by atoms with van der Waals surface area (Å²) in [5, 5.41) is 6.17. The van der Waals surface area contributed by atoms with Gasteiger partial charge in [-0.15, -0.1) is 0 Å². The van der Waals surface area contributed by atoms with Crippen molar-refractivity contribution in [3.8, 4) is 0 Å². The predicted molar refractivity (Wildman–Crippen MR) is 89.6 cm³/mol. The van der Waals surface area contributed by atoms with Crippen LogP contribution in [0.2, 0.25) is 0 Å². The van der Waals surface area contributed by atoms with Crippen LogP contribution in [0.15, 0.2) is 0 Å². The molecule has 1 rings (SSSR count). The fraction of sp³-hybridized carbons (Fsp3) is 0.882. The van der Waals surface area contributed by atoms with Crippen molar-refractivity contribution in [2.75, 3.05) is 19.6 Å². The molecular weight excluding hydrogens is 278 g/mol. The van der Waals surface area contributed by atoms with Crippen LogP contribution in [0.1, 0.15) is 59.8 Å². The lowest BCUT2D eigenvalue weighted by molar-refractivity contribution is -0.132. The number of carbonyl (C=O) groups excluding carboxylic acids is 2. The largest absolute Gasteiger partial charge is 0.352 e. The summed E-state index contributed by atoms with van der Waals surface area (Å²) in [4.78, 5) is 25.9. The SMILES string of the molecule is CC(C)CCCC(=O)N1CCC(NC(=O)CNC(C)C)CC1. The molecule has 2 N–H and O–H groups in total. The number of nitrogens with one attached hydrogen (secondary N) is 2. The maximum atomic E-state index is 12.1. The van der Waals surface area contributed by atoms with Crippen LogP contribution in [-0.2, 0) is 9.59 Å². The number of likely N-dealkylation sites (tertiary alicyclic amines) is 1. The van der Waals surface area contributed by atoms with Crippen LogP contribution < -0.4 is 10.6 Å². The summed E-state index contributed by atoms with van der Waals surface area (Å²) in [6.45, 7) is 10.3. The van der Waals surface area contributed by atoms with E-state index in [1.165, 1.54) is 0 Å². The topological polar surface area (TPSA) is 61.4 Å². The highest BCUT2D eigenvalue weighted by molar-refractivity contribution is 5.78. The Labute approximate surface area is 135 Å². The third kappa shape index (κ3) is 7.78. The first-order valence-electron chi connectivity index (χ1n) is 8.69. The lowest BCUT2D eigenvalue weighted by Gasteiger charge is -2.32. The molecule has 0 aromatic heterocycles. The minimum absolute atomic E-state index is 0.0513. The maximum absolute atomic E-state index is 12.1. The van der Waals surface area contributed by atoms with Crippen LogP contribution in [0.5, 0.6) is 0 Å². The van der Waals surface area contributed by atoms with Gasteiger partial charge in [0.1, 0.15) is 0 Å². The van der Waals surface area contributed by atoms with Gasteiger partial charge in [0.25, 0.3) is 0 Å². The van der Waals surface area contributed by atoms with E-state index in [1.54, 1.807) is 0 Å². The molecule has 1 aliphatic heterocycles. The van der Waals surface area contributed by atoms with Crippen molar-refractivity contribution in [3.63, 3.8) is 0 Å². The average Bonchev–Trinajstić information content (AvgIpc) is 2.45. The lowest BCUT2D eigenvalue weighted by atomic mass is 10.0. The molecule has 0 bridgehead atoms. The third-order valence-electron chi connectivity index (χ3n) is 4.06. The molecule has 22 heavy (non-hydrogen) atoms. The zero-order valence-corrected chi connectivity index (χ0v) is 14.7. The highest BCUT2D eigenvalue weighted by atomic mass is 16.2. The fourth-order valence-electron chi connectivity index (χ4n) is 2.67. The quantitative estimate of drug-likeness (QED) is 0.720. The Bertz CT molecular complexity index is 348. The standard InChI is InChI=1S/C17H33N3O2/c1-13(2)6-5-7-17(22)20-10-8-15(9-11-20)19-16(21)12-18-14(3)4/h13-15,18H,5-12H2,1-4H3,(H,19,21). The zero-order valence-electron chi connectivity index (χ0n) is 14.7. The summed E-state index contributed by atoms with van der Waals surface area (Å²) in [5.41, 5.74) is 0. The lowest BCUT2D eigenvalue weighted by Crippen LogP contribution is -2.48. The molecule has 1 heterocycles. The fourth-order valence-corrected chi connectivity index (χ4v) is 2.67. The van der Waals surface area contributed by atoms with E-state index in [9.17, 15) is 9.59 Å². The summed E-state index contributed by atoms with van der Waals surface area (Å²) in [5.74, 6) is 0.982. The van der Waals surface area contributed by atoms with Gasteiger partial charge >= 0.3 is 0 Å². The van der Waals surface area contributed by atoms with Gasteiger partial charge in [0.05, 0.1) is 6.54 Å². The van der Waals surface area contributed by atoms with Gasteiger partial charge < -0.3 is 15.5 Å². The molecule has 0 aromatic rings. The molecule has 0 saturated carbocycles. The minimum Gasteiger partial charge on any atom is -0.352 e. The number of carbonyl (C=O) groups is 2. The second-order valence-corrected chi connectivity index (χ2v) is 7.04. The highest BCUT2D eigenvalue weighted by Gasteiger charge is 2.23. The molecule has 0 spiro atoms. The van der Waals surface area contributed by atoms with E-state index in [2.05, 4.69) is 24.5 Å². The predicted octanol–water partition coefficient (Wildman–Crippen LogP) is 1.92. The van der Waals surface area contributed by atoms with Gasteiger partial charge in [-0.1, -0.05) is 34.1 Å². The second kappa shape index (κ2) is 9.82. The molecule has 0 aliphatic carbocycles. The Balaban J connectivity index is 2.19. The van der Waals surface area contributed by atoms with Gasteiger partial charge in [-0.05, 0) is 25.2 Å². The average molecular weight is 311 g/mol. The van der Waals surface area contributed by atoms with E-state index in [0.29, 0.717) is 24.9 Å². The van der Waals surface area contributed by atoms with Crippen LogP contribution in [0.25, 0.3) is 0 Å². The molecule has 0 aromatic carbocycles. The molecule has 1 saturated heterocycles. The molecule has 5 nitrogen and oxygen atoms in total. The molecular formula is C17H33N3O2. The van der Waals surface area contributed by atoms with Crippen molar-refractivity contribution < 1.29 is 9.59 Å². The van der Waals surface area contributed by atoms with Crippen LogP contribution in [0.3, 0.4) is 0 Å². The smallest absolute Gasteiger partial charge is 0.234 e. The van der Waals surface area contributed by atoms with Gasteiger partial charge in [0, 0.05) is 31.6 Å². The van der Waals surface area contributed by atoms with Crippen LogP contribution in [0, 0.1) is 5.92 Å². The zero-order chi connectivity index (χ0) is 16.5. The summed E-state index contributed by atoms with van der Waals surface area (Å²) in [6.07, 6.45) is 4.48. The number of hydrogen-bond acceptors (Lipinski definition) is 3. The van der Waals surface area contributed by atoms with Crippen molar-refractivity contribution in [3.05, 3.63) is 0 Å². The normalized spacial score (nSPS) is 16.4. The molecule has 1 fully saturated rings. The Kier molecular flexibility index (Phi) is 8.46. The van der Waals surface area contributed by atoms with Crippen LogP contribution in [-0.4, -0.2) is 48.4 Å². The molecule has 1 aliphatic rings. The summed E-state index contributed by atoms with van der Waals surface area (Å²) < 4.78 is 0. The third-order valence-corrected chi connectivity index (χ3v) is 4.06. The van der Waals surface area contributed by atoms with Crippen molar-refractivity contribution >= 4 is 11.8 Å². The van der Waals surface area contributed by atoms with Crippen LogP contribution >= 0.6 is 0 Å². The van der Waals surface area contributed by atoms with Gasteiger partial charge in [-0.2, -0.15) is 0 Å². The first-order valence-corrected chi connectivity index (χ1v) is 8.69. The monoisotopic (exact) mass is 311 g/mol. The Hall–Kier alpha value is -1.10. The van der Waals surface area contributed by atoms with Gasteiger partial charge in [0.2, 0.25) is 11.8 Å². The van der Waals surface area contributed by atoms with E-state index in [4.69, 9.17) is 0 Å². The Morgan fingerprint density at radius 3 is 2.32 bits per heavy atom. The van der Waals surface area contributed by atoms with Gasteiger partial charge in [0.15, 0.2) is 0 Å². The van der Waals surface area contributed by atoms with E-state index in [0.717, 1.165) is 38.8 Å².